The molecule has 3 rings (SSSR count). The molecule has 0 aliphatic rings. The van der Waals surface area contributed by atoms with E-state index < -0.39 is 21.9 Å². The Morgan fingerprint density at radius 1 is 1.12 bits per heavy atom. The van der Waals surface area contributed by atoms with E-state index in [2.05, 4.69) is 10.3 Å². The molecule has 7 nitrogen and oxygen atoms in total. The van der Waals surface area contributed by atoms with E-state index in [1.54, 1.807) is 42.5 Å². The van der Waals surface area contributed by atoms with Gasteiger partial charge in [-0.3, -0.25) is 0 Å². The number of urea groups is 1. The van der Waals surface area contributed by atoms with Crippen molar-refractivity contribution in [3.05, 3.63) is 77.7 Å². The van der Waals surface area contributed by atoms with Crippen molar-refractivity contribution in [2.24, 2.45) is 0 Å². The molecule has 32 heavy (non-hydrogen) atoms. The van der Waals surface area contributed by atoms with Crippen LogP contribution >= 0.6 is 0 Å². The van der Waals surface area contributed by atoms with Crippen LogP contribution in [-0.2, 0) is 15.8 Å². The Morgan fingerprint density at radius 3 is 2.50 bits per heavy atom. The summed E-state index contributed by atoms with van der Waals surface area (Å²) in [6, 6.07) is 13.4. The highest BCUT2D eigenvalue weighted by Crippen LogP contribution is 2.36. The van der Waals surface area contributed by atoms with E-state index in [9.17, 15) is 17.6 Å². The van der Waals surface area contributed by atoms with E-state index in [0.717, 1.165) is 0 Å². The lowest BCUT2D eigenvalue weighted by molar-refractivity contribution is 0.256. The normalized spacial score (nSPS) is 11.3. The van der Waals surface area contributed by atoms with Crippen molar-refractivity contribution in [3.8, 4) is 17.0 Å². The van der Waals surface area contributed by atoms with Crippen molar-refractivity contribution in [1.82, 2.24) is 9.71 Å². The van der Waals surface area contributed by atoms with Crippen LogP contribution < -0.4 is 14.8 Å². The summed E-state index contributed by atoms with van der Waals surface area (Å²) in [6.45, 7) is 3.70. The van der Waals surface area contributed by atoms with Gasteiger partial charge in [-0.25, -0.2) is 27.3 Å². The zero-order valence-corrected chi connectivity index (χ0v) is 18.7. The van der Waals surface area contributed by atoms with Crippen LogP contribution in [0.1, 0.15) is 30.9 Å². The van der Waals surface area contributed by atoms with E-state index in [1.165, 1.54) is 25.4 Å². The number of carbonyl (C=O) groups is 1. The third kappa shape index (κ3) is 5.82. The molecule has 0 fully saturated rings. The van der Waals surface area contributed by atoms with Gasteiger partial charge in [-0.2, -0.15) is 0 Å². The van der Waals surface area contributed by atoms with E-state index in [1.807, 2.05) is 18.6 Å². The van der Waals surface area contributed by atoms with Gasteiger partial charge in [-0.15, -0.1) is 0 Å². The lowest BCUT2D eigenvalue weighted by atomic mass is 9.94. The average molecular weight is 458 g/mol. The largest absolute Gasteiger partial charge is 0.481 e. The fraction of sp³-hybridized carbons (Fsp3) is 0.217. The van der Waals surface area contributed by atoms with E-state index >= 15 is 0 Å². The van der Waals surface area contributed by atoms with Crippen molar-refractivity contribution in [2.45, 2.75) is 25.5 Å². The molecule has 0 saturated heterocycles. The molecule has 0 aliphatic heterocycles. The van der Waals surface area contributed by atoms with Crippen LogP contribution in [0.15, 0.2) is 60.8 Å². The van der Waals surface area contributed by atoms with Gasteiger partial charge in [0.2, 0.25) is 15.9 Å². The van der Waals surface area contributed by atoms with E-state index in [-0.39, 0.29) is 11.7 Å². The number of nitrogens with one attached hydrogen (secondary N) is 2. The Kier molecular flexibility index (Phi) is 7.09. The zero-order valence-electron chi connectivity index (χ0n) is 17.9. The zero-order chi connectivity index (χ0) is 23.3. The highest BCUT2D eigenvalue weighted by Gasteiger charge is 2.21. The number of rotatable bonds is 7. The molecular weight excluding hydrogens is 433 g/mol. The first-order valence-corrected chi connectivity index (χ1v) is 11.5. The topological polar surface area (TPSA) is 97.4 Å². The van der Waals surface area contributed by atoms with Crippen molar-refractivity contribution < 1.29 is 22.3 Å². The molecule has 3 aromatic rings. The lowest BCUT2D eigenvalue weighted by Gasteiger charge is -2.19. The summed E-state index contributed by atoms with van der Waals surface area (Å²) in [5, 5.41) is 2.61. The number of methoxy groups -OCH3 is 1. The molecule has 9 heteroatoms. The summed E-state index contributed by atoms with van der Waals surface area (Å²) < 4.78 is 46.5. The fourth-order valence-corrected chi connectivity index (χ4v) is 4.29. The van der Waals surface area contributed by atoms with Crippen molar-refractivity contribution in [3.63, 3.8) is 0 Å². The molecule has 0 spiro atoms. The Morgan fingerprint density at radius 2 is 1.84 bits per heavy atom. The maximum absolute atomic E-state index is 14.4. The second kappa shape index (κ2) is 9.78. The molecule has 2 N–H and O–H groups in total. The van der Waals surface area contributed by atoms with Gasteiger partial charge in [-0.1, -0.05) is 44.2 Å². The van der Waals surface area contributed by atoms with Crippen LogP contribution in [0.25, 0.3) is 11.1 Å². The number of pyridine rings is 1. The molecule has 168 valence electrons. The average Bonchev–Trinajstić information content (AvgIpc) is 2.74. The number of carbonyl (C=O) groups excluding carboxylic acids is 1. The lowest BCUT2D eigenvalue weighted by Crippen LogP contribution is -2.35. The van der Waals surface area contributed by atoms with Gasteiger partial charge in [-0.05, 0) is 40.8 Å². The van der Waals surface area contributed by atoms with Crippen molar-refractivity contribution in [2.75, 3.05) is 12.4 Å². The Hall–Kier alpha value is -3.46. The predicted molar refractivity (Wildman–Crippen MR) is 121 cm³/mol. The van der Waals surface area contributed by atoms with Crippen LogP contribution in [-0.4, -0.2) is 26.5 Å². The van der Waals surface area contributed by atoms with Crippen LogP contribution in [0.2, 0.25) is 0 Å². The van der Waals surface area contributed by atoms with Gasteiger partial charge >= 0.3 is 6.03 Å². The summed E-state index contributed by atoms with van der Waals surface area (Å²) in [4.78, 5) is 16.7. The molecule has 0 atom stereocenters. The monoisotopic (exact) mass is 457 g/mol. The van der Waals surface area contributed by atoms with Crippen molar-refractivity contribution in [1.29, 1.82) is 0 Å². The molecule has 0 bridgehead atoms. The number of benzene rings is 2. The first-order valence-electron chi connectivity index (χ1n) is 9.88. The maximum atomic E-state index is 14.4. The SMILES string of the molecule is COc1cc(-c2cc(F)cc(C(C)C)c2NC(=O)NS(=O)(=O)Cc2ccccc2)ccn1. The molecule has 2 amide bonds. The van der Waals surface area contributed by atoms with Gasteiger partial charge < -0.3 is 10.1 Å². The number of hydrogen-bond acceptors (Lipinski definition) is 5. The fourth-order valence-electron chi connectivity index (χ4n) is 3.25. The number of sulfonamides is 1. The molecule has 1 aromatic heterocycles. The van der Waals surface area contributed by atoms with Crippen molar-refractivity contribution >= 4 is 21.7 Å². The Bertz CT molecular complexity index is 1220. The van der Waals surface area contributed by atoms with Crippen LogP contribution in [0, 0.1) is 5.82 Å². The van der Waals surface area contributed by atoms with Gasteiger partial charge in [0.25, 0.3) is 0 Å². The minimum atomic E-state index is -3.95. The van der Waals surface area contributed by atoms with Crippen LogP contribution in [0.4, 0.5) is 14.9 Å². The summed E-state index contributed by atoms with van der Waals surface area (Å²) in [5.41, 5.74) is 2.31. The smallest absolute Gasteiger partial charge is 0.332 e. The summed E-state index contributed by atoms with van der Waals surface area (Å²) in [6.07, 6.45) is 1.50. The van der Waals surface area contributed by atoms with Gasteiger partial charge in [0.05, 0.1) is 18.6 Å². The second-order valence-electron chi connectivity index (χ2n) is 7.46. The van der Waals surface area contributed by atoms with E-state index in [4.69, 9.17) is 4.74 Å². The first-order chi connectivity index (χ1) is 15.2. The summed E-state index contributed by atoms with van der Waals surface area (Å²) in [5.74, 6) is -0.666. The number of nitrogens with zero attached hydrogens (tertiary/aromatic N) is 1. The van der Waals surface area contributed by atoms with Gasteiger partial charge in [0, 0.05) is 17.8 Å². The molecule has 1 heterocycles. The molecule has 0 aliphatic carbocycles. The quantitative estimate of drug-likeness (QED) is 0.537. The molecular formula is C23H24FN3O4S. The number of ether oxygens (including phenoxy) is 1. The summed E-state index contributed by atoms with van der Waals surface area (Å²) >= 11 is 0. The first kappa shape index (κ1) is 23.2. The highest BCUT2D eigenvalue weighted by molar-refractivity contribution is 7.89. The Balaban J connectivity index is 1.94. The standard InChI is InChI=1S/C23H24FN3O4S/c1-15(2)19-12-18(24)13-20(17-9-10-25-21(11-17)31-3)22(19)26-23(28)27-32(29,30)14-16-7-5-4-6-8-16/h4-13,15H,14H2,1-3H3,(H2,26,27,28). The predicted octanol–water partition coefficient (Wildman–Crippen LogP) is 4.67. The Labute approximate surface area is 186 Å². The molecule has 0 radical (unpaired) electrons. The third-order valence-electron chi connectivity index (χ3n) is 4.70. The number of halogens is 1. The highest BCUT2D eigenvalue weighted by atomic mass is 32.2. The summed E-state index contributed by atoms with van der Waals surface area (Å²) in [7, 11) is -2.49. The van der Waals surface area contributed by atoms with E-state index in [0.29, 0.717) is 33.8 Å². The number of aromatic nitrogens is 1. The number of amides is 2. The second-order valence-corrected chi connectivity index (χ2v) is 9.18. The van der Waals surface area contributed by atoms with Crippen LogP contribution in [0.5, 0.6) is 5.88 Å². The molecule has 0 saturated carbocycles. The number of anilines is 1. The van der Waals surface area contributed by atoms with Gasteiger partial charge in [0.1, 0.15) is 5.82 Å². The maximum Gasteiger partial charge on any atom is 0.332 e. The minimum Gasteiger partial charge on any atom is -0.481 e. The molecule has 0 unspecified atom stereocenters. The number of hydrogen-bond donors (Lipinski definition) is 2. The van der Waals surface area contributed by atoms with Gasteiger partial charge in [0.15, 0.2) is 0 Å². The molecule has 2 aromatic carbocycles. The third-order valence-corrected chi connectivity index (χ3v) is 5.91. The van der Waals surface area contributed by atoms with Crippen LogP contribution in [0.3, 0.4) is 0 Å². The minimum absolute atomic E-state index is 0.149.